The van der Waals surface area contributed by atoms with Crippen LogP contribution >= 0.6 is 0 Å². The van der Waals surface area contributed by atoms with Crippen molar-refractivity contribution < 1.29 is 70.2 Å². The molecule has 0 aromatic heterocycles. The minimum atomic E-state index is -6.78. The van der Waals surface area contributed by atoms with Gasteiger partial charge in [0.2, 0.25) is 0 Å². The van der Waals surface area contributed by atoms with Crippen LogP contribution in [0.4, 0.5) is 70.2 Å². The fourth-order valence-corrected chi connectivity index (χ4v) is 19.3. The predicted molar refractivity (Wildman–Crippen MR) is 337 cm³/mol. The molecule has 0 unspecified atom stereocenters. The summed E-state index contributed by atoms with van der Waals surface area (Å²) < 4.78 is 280. The topological polar surface area (TPSA) is 0 Å². The first-order chi connectivity index (χ1) is 40.0. The average Bonchev–Trinajstić information content (AvgIpc) is 0.675. The highest BCUT2D eigenvalue weighted by Crippen LogP contribution is 2.42. The van der Waals surface area contributed by atoms with Crippen molar-refractivity contribution in [2.75, 3.05) is 0 Å². The summed E-state index contributed by atoms with van der Waals surface area (Å²) in [7, 11) is -16.1. The molecule has 7 rings (SSSR count). The fraction of sp³-hybridized carbons (Fsp3) is 0.358. The summed E-state index contributed by atoms with van der Waals surface area (Å²) in [5.74, 6) is -43.0. The van der Waals surface area contributed by atoms with Crippen LogP contribution in [0.25, 0.3) is 0 Å². The standard InChI is InChI=1S/C48H60BF16Si4.C19H15/c1-45(2,3)66(13,14)41-33(58)25(50)21(26(51)34(41)59)49(22-27(52)35(60)42(36(61)28(22)53)67(15,16)46(4,5)6,23-29(54)37(62)43(38(63)30(23)55)68(17,18)47(7,8)9)24-31(56)39(64)44(40(65)32(24)57)69(19,20)48(10,11)12;1-4-10-16(11-5-1)19(17-12-6-2-7-13-17)18-14-8-3-9-15-18/h1-20H3;1-15H/q-1;+1. The molecule has 7 aromatic carbocycles. The molecule has 0 heterocycles. The maximum atomic E-state index is 17.8. The molecule has 0 saturated heterocycles. The normalized spacial score (nSPS) is 13.2. The molecule has 0 aliphatic carbocycles. The van der Waals surface area contributed by atoms with Crippen LogP contribution in [0, 0.1) is 99.0 Å². The van der Waals surface area contributed by atoms with Gasteiger partial charge in [-0.2, -0.15) is 0 Å². The van der Waals surface area contributed by atoms with Crippen LogP contribution in [0.1, 0.15) is 99.8 Å². The van der Waals surface area contributed by atoms with E-state index in [2.05, 4.69) is 91.0 Å². The Morgan fingerprint density at radius 1 is 0.239 bits per heavy atom. The first kappa shape index (κ1) is 71.3. The third-order valence-electron chi connectivity index (χ3n) is 20.1. The van der Waals surface area contributed by atoms with Crippen molar-refractivity contribution in [3.63, 3.8) is 0 Å². The predicted octanol–water partition coefficient (Wildman–Crippen LogP) is 16.9. The van der Waals surface area contributed by atoms with Crippen LogP contribution in [-0.4, -0.2) is 38.4 Å². The molecule has 7 aromatic rings. The second kappa shape index (κ2) is 24.1. The van der Waals surface area contributed by atoms with Gasteiger partial charge in [-0.05, 0) is 92.9 Å². The Morgan fingerprint density at radius 2 is 0.375 bits per heavy atom. The van der Waals surface area contributed by atoms with E-state index in [1.165, 1.54) is 158 Å². The van der Waals surface area contributed by atoms with E-state index in [1.54, 1.807) is 0 Å². The molecule has 0 atom stereocenters. The molecule has 0 aliphatic heterocycles. The van der Waals surface area contributed by atoms with Gasteiger partial charge in [0.05, 0.1) is 54.9 Å². The number of benzene rings is 7. The monoisotopic (exact) mass is 1310 g/mol. The molecule has 0 nitrogen and oxygen atoms in total. The van der Waals surface area contributed by atoms with Gasteiger partial charge in [-0.25, -0.2) is 70.2 Å². The second-order valence-corrected chi connectivity index (χ2v) is 50.0. The van der Waals surface area contributed by atoms with Gasteiger partial charge in [0.25, 0.3) is 0 Å². The number of rotatable bonds is 11. The summed E-state index contributed by atoms with van der Waals surface area (Å²) in [6.07, 6.45) is -6.78. The Morgan fingerprint density at radius 3 is 0.500 bits per heavy atom. The van der Waals surface area contributed by atoms with Crippen molar-refractivity contribution in [2.45, 2.75) is 156 Å². The van der Waals surface area contributed by atoms with E-state index in [-0.39, 0.29) is 0 Å². The molecule has 0 radical (unpaired) electrons. The van der Waals surface area contributed by atoms with Crippen LogP contribution in [-0.2, 0) is 0 Å². The highest BCUT2D eigenvalue weighted by Gasteiger charge is 2.56. The molecule has 0 spiro atoms. The van der Waals surface area contributed by atoms with Crippen molar-refractivity contribution in [1.29, 1.82) is 0 Å². The summed E-state index contributed by atoms with van der Waals surface area (Å²) in [5.41, 5.74) is -7.93. The van der Waals surface area contributed by atoms with Gasteiger partial charge < -0.3 is 0 Å². The molecular formula is C67H75BF16Si4. The van der Waals surface area contributed by atoms with Crippen molar-refractivity contribution in [2.24, 2.45) is 0 Å². The zero-order valence-electron chi connectivity index (χ0n) is 53.3. The third kappa shape index (κ3) is 11.4. The van der Waals surface area contributed by atoms with Gasteiger partial charge >= 0.3 is 0 Å². The van der Waals surface area contributed by atoms with E-state index in [0.29, 0.717) is 0 Å². The Kier molecular flexibility index (Phi) is 19.5. The molecule has 0 bridgehead atoms. The van der Waals surface area contributed by atoms with Crippen molar-refractivity contribution in [1.82, 2.24) is 0 Å². The van der Waals surface area contributed by atoms with Gasteiger partial charge in [-0.1, -0.05) is 154 Å². The van der Waals surface area contributed by atoms with Gasteiger partial charge in [0.15, 0.2) is 46.5 Å². The SMILES string of the molecule is CC(C)(C)[Si](C)(C)c1c(F)c(F)c([B-](c2c(F)c(F)c([Si](C)(C)C(C)(C)C)c(F)c2F)(c2c(F)c(F)c([Si](C)(C)C(C)(C)C)c(F)c2F)c2c(F)c(F)c([Si](C)(C)C(C)(C)C)c(F)c2F)c(F)c1F.c1ccc([C+](c2ccccc2)c2ccccc2)cc1. The zero-order chi connectivity index (χ0) is 67.3. The van der Waals surface area contributed by atoms with E-state index in [9.17, 15) is 0 Å². The highest BCUT2D eigenvalue weighted by atomic mass is 28.3. The van der Waals surface area contributed by atoms with Crippen LogP contribution < -0.4 is 42.6 Å². The molecule has 0 fully saturated rings. The lowest BCUT2D eigenvalue weighted by Crippen LogP contribution is -2.82. The summed E-state index contributed by atoms with van der Waals surface area (Å²) >= 11 is 0. The van der Waals surface area contributed by atoms with Crippen molar-refractivity contribution in [3.05, 3.63) is 207 Å². The Balaban J connectivity index is 0.000000544. The molecule has 0 amide bonds. The van der Waals surface area contributed by atoms with Gasteiger partial charge in [0.1, 0.15) is 52.7 Å². The average molecular weight is 1310 g/mol. The lowest BCUT2D eigenvalue weighted by atomic mass is 9.12. The number of hydrogen-bond acceptors (Lipinski definition) is 0. The number of hydrogen-bond donors (Lipinski definition) is 0. The maximum Gasteiger partial charge on any atom is 0.157 e. The van der Waals surface area contributed by atoms with Crippen LogP contribution in [0.2, 0.25) is 72.5 Å². The fourth-order valence-electron chi connectivity index (χ4n) is 11.0. The summed E-state index contributed by atoms with van der Waals surface area (Å²) in [5, 5.41) is -10.7. The maximum absolute atomic E-state index is 17.8. The Bertz CT molecular complexity index is 3220. The largest absolute Gasteiger partial charge is 0.207 e. The minimum Gasteiger partial charge on any atom is -0.207 e. The smallest absolute Gasteiger partial charge is 0.157 e. The molecule has 474 valence electrons. The molecule has 21 heteroatoms. The van der Waals surface area contributed by atoms with E-state index in [1.807, 2.05) is 0 Å². The van der Waals surface area contributed by atoms with Crippen molar-refractivity contribution in [3.8, 4) is 0 Å². The van der Waals surface area contributed by atoms with Gasteiger partial charge in [-0.3, -0.25) is 0 Å². The molecule has 0 aliphatic rings. The Labute approximate surface area is 511 Å². The van der Waals surface area contributed by atoms with Gasteiger partial charge in [0, 0.05) is 20.7 Å². The van der Waals surface area contributed by atoms with E-state index < -0.39 is 194 Å². The Hall–Kier alpha value is -5.78. The first-order valence-corrected chi connectivity index (χ1v) is 40.7. The quantitative estimate of drug-likeness (QED) is 0.0398. The lowest BCUT2D eigenvalue weighted by molar-refractivity contribution is 0.459. The van der Waals surface area contributed by atoms with Crippen molar-refractivity contribution >= 4 is 81.0 Å². The van der Waals surface area contributed by atoms with Crippen LogP contribution in [0.15, 0.2) is 91.0 Å². The highest BCUT2D eigenvalue weighted by molar-refractivity contribution is 7.20. The molecule has 0 saturated carbocycles. The zero-order valence-corrected chi connectivity index (χ0v) is 57.3. The third-order valence-corrected chi connectivity index (χ3v) is 41.9. The first-order valence-electron chi connectivity index (χ1n) is 28.7. The van der Waals surface area contributed by atoms with E-state index >= 15 is 70.2 Å². The van der Waals surface area contributed by atoms with Crippen LogP contribution in [0.5, 0.6) is 0 Å². The summed E-state index contributed by atoms with van der Waals surface area (Å²) in [4.78, 5) is 0. The van der Waals surface area contributed by atoms with Gasteiger partial charge in [-0.15, -0.1) is 21.9 Å². The molecule has 88 heavy (non-hydrogen) atoms. The lowest BCUT2D eigenvalue weighted by Gasteiger charge is -2.47. The van der Waals surface area contributed by atoms with Crippen LogP contribution in [0.3, 0.4) is 0 Å². The van der Waals surface area contributed by atoms with E-state index in [4.69, 9.17) is 0 Å². The molecular weight excluding hydrogens is 1230 g/mol. The molecule has 0 N–H and O–H groups in total. The summed E-state index contributed by atoms with van der Waals surface area (Å²) in [6, 6.07) is 31.6. The minimum absolute atomic E-state index is 1.18. The second-order valence-electron chi connectivity index (χ2n) is 29.0. The number of halogens is 16. The summed E-state index contributed by atoms with van der Waals surface area (Å²) in [6.45, 7) is 26.1. The van der Waals surface area contributed by atoms with E-state index in [0.717, 1.165) is 0 Å².